The van der Waals surface area contributed by atoms with Crippen LogP contribution in [-0.4, -0.2) is 62.0 Å². The first-order valence-corrected chi connectivity index (χ1v) is 10.0. The molecule has 0 unspecified atom stereocenters. The van der Waals surface area contributed by atoms with Gasteiger partial charge in [0.2, 0.25) is 15.2 Å². The Morgan fingerprint density at radius 3 is 2.71 bits per heavy atom. The highest BCUT2D eigenvalue weighted by atomic mass is 32.2. The number of nitrogens with zero attached hydrogens (tertiary/aromatic N) is 3. The highest BCUT2D eigenvalue weighted by molar-refractivity contribution is 7.89. The normalized spacial score (nSPS) is 21.3. The molecule has 1 saturated heterocycles. The van der Waals surface area contributed by atoms with Gasteiger partial charge in [0.05, 0.1) is 25.0 Å². The van der Waals surface area contributed by atoms with Crippen molar-refractivity contribution in [2.24, 2.45) is 5.92 Å². The van der Waals surface area contributed by atoms with E-state index in [2.05, 4.69) is 15.5 Å². The zero-order valence-corrected chi connectivity index (χ0v) is 15.2. The minimum atomic E-state index is -3.26. The average Bonchev–Trinajstić information content (AvgIpc) is 3.18. The molecule has 7 nitrogen and oxygen atoms in total. The molecule has 3 rings (SSSR count). The number of aromatic nitrogens is 2. The molecule has 2 aromatic rings. The van der Waals surface area contributed by atoms with Gasteiger partial charge in [-0.1, -0.05) is 41.7 Å². The summed E-state index contributed by atoms with van der Waals surface area (Å²) in [7, 11) is -0.172. The van der Waals surface area contributed by atoms with Crippen molar-refractivity contribution in [1.29, 1.82) is 0 Å². The molecule has 1 aliphatic rings. The van der Waals surface area contributed by atoms with Crippen LogP contribution in [0.15, 0.2) is 30.3 Å². The second kappa shape index (κ2) is 7.14. The Kier molecular flexibility index (Phi) is 5.14. The number of nitrogens with one attached hydrogen (secondary N) is 1. The first-order chi connectivity index (χ1) is 11.5. The monoisotopic (exact) mass is 368 g/mol. The van der Waals surface area contributed by atoms with Crippen LogP contribution in [0.3, 0.4) is 0 Å². The van der Waals surface area contributed by atoms with Gasteiger partial charge in [0.25, 0.3) is 0 Å². The number of hydrogen-bond acceptors (Lipinski definition) is 7. The molecule has 1 aromatic heterocycles. The van der Waals surface area contributed by atoms with E-state index in [1.165, 1.54) is 15.6 Å². The van der Waals surface area contributed by atoms with Gasteiger partial charge in [0.1, 0.15) is 5.01 Å². The van der Waals surface area contributed by atoms with Gasteiger partial charge in [-0.25, -0.2) is 12.7 Å². The summed E-state index contributed by atoms with van der Waals surface area (Å²) in [6.07, 6.45) is 0. The Morgan fingerprint density at radius 2 is 2.00 bits per heavy atom. The predicted molar refractivity (Wildman–Crippen MR) is 94.5 cm³/mol. The Balaban J connectivity index is 1.68. The third-order valence-corrected chi connectivity index (χ3v) is 6.80. The van der Waals surface area contributed by atoms with E-state index in [9.17, 15) is 8.42 Å². The van der Waals surface area contributed by atoms with Gasteiger partial charge in [-0.2, -0.15) is 0 Å². The van der Waals surface area contributed by atoms with Crippen molar-refractivity contribution in [3.8, 4) is 10.6 Å². The number of benzene rings is 1. The first-order valence-electron chi connectivity index (χ1n) is 7.59. The van der Waals surface area contributed by atoms with Crippen LogP contribution in [0.4, 0.5) is 5.13 Å². The van der Waals surface area contributed by atoms with Crippen LogP contribution >= 0.6 is 11.3 Å². The summed E-state index contributed by atoms with van der Waals surface area (Å²) in [5, 5.41) is 13.1. The fraction of sp³-hybridized carbons (Fsp3) is 0.467. The van der Waals surface area contributed by atoms with E-state index in [1.807, 2.05) is 30.3 Å². The third kappa shape index (κ3) is 3.92. The van der Waals surface area contributed by atoms with Crippen molar-refractivity contribution in [1.82, 2.24) is 14.5 Å². The molecule has 130 valence electrons. The van der Waals surface area contributed by atoms with E-state index in [0.29, 0.717) is 18.3 Å². The molecule has 1 N–H and O–H groups in total. The number of anilines is 1. The van der Waals surface area contributed by atoms with Crippen molar-refractivity contribution >= 4 is 26.5 Å². The fourth-order valence-electron chi connectivity index (χ4n) is 2.48. The summed E-state index contributed by atoms with van der Waals surface area (Å²) in [5.41, 5.74) is 1.01. The average molecular weight is 368 g/mol. The van der Waals surface area contributed by atoms with E-state index < -0.39 is 10.0 Å². The maximum atomic E-state index is 12.1. The number of hydrogen-bond donors (Lipinski definition) is 1. The van der Waals surface area contributed by atoms with Gasteiger partial charge in [-0.3, -0.25) is 0 Å². The summed E-state index contributed by atoms with van der Waals surface area (Å²) < 4.78 is 30.9. The van der Waals surface area contributed by atoms with Crippen molar-refractivity contribution in [3.05, 3.63) is 30.3 Å². The summed E-state index contributed by atoms with van der Waals surface area (Å²) in [4.78, 5) is 0. The van der Waals surface area contributed by atoms with Gasteiger partial charge in [0.15, 0.2) is 0 Å². The number of sulfonamides is 1. The van der Waals surface area contributed by atoms with Crippen LogP contribution in [-0.2, 0) is 14.8 Å². The predicted octanol–water partition coefficient (Wildman–Crippen LogP) is 1.52. The largest absolute Gasteiger partial charge is 0.379 e. The van der Waals surface area contributed by atoms with Crippen LogP contribution < -0.4 is 5.32 Å². The lowest BCUT2D eigenvalue weighted by molar-refractivity contribution is 0.187. The molecule has 24 heavy (non-hydrogen) atoms. The standard InChI is InChI=1S/C15H20N4O3S2/c1-19(2)24(20,21)10-12-8-22-9-13(12)16-15-18-17-14(23-15)11-6-4-3-5-7-11/h3-7,12-13H,8-10H2,1-2H3,(H,16,18)/t12-,13+/m0/s1. The van der Waals surface area contributed by atoms with Crippen LogP contribution in [0.25, 0.3) is 10.6 Å². The molecule has 1 fully saturated rings. The summed E-state index contributed by atoms with van der Waals surface area (Å²) in [6, 6.07) is 9.74. The Bertz CT molecular complexity index is 777. The maximum absolute atomic E-state index is 12.1. The summed E-state index contributed by atoms with van der Waals surface area (Å²) in [5.74, 6) is -0.0522. The highest BCUT2D eigenvalue weighted by Crippen LogP contribution is 2.28. The lowest BCUT2D eigenvalue weighted by Crippen LogP contribution is -2.36. The summed E-state index contributed by atoms with van der Waals surface area (Å²) >= 11 is 1.45. The molecule has 2 heterocycles. The fourth-order valence-corrected chi connectivity index (χ4v) is 4.46. The first kappa shape index (κ1) is 17.3. The molecule has 0 aliphatic carbocycles. The van der Waals surface area contributed by atoms with Crippen LogP contribution in [0, 0.1) is 5.92 Å². The molecule has 0 radical (unpaired) electrons. The quantitative estimate of drug-likeness (QED) is 0.832. The molecular weight excluding hydrogens is 348 g/mol. The minimum Gasteiger partial charge on any atom is -0.379 e. The van der Waals surface area contributed by atoms with Crippen molar-refractivity contribution in [2.75, 3.05) is 38.4 Å². The smallest absolute Gasteiger partial charge is 0.214 e. The van der Waals surface area contributed by atoms with Gasteiger partial charge >= 0.3 is 0 Å². The van der Waals surface area contributed by atoms with Gasteiger partial charge in [0, 0.05) is 25.6 Å². The molecule has 1 aromatic carbocycles. The van der Waals surface area contributed by atoms with Crippen molar-refractivity contribution in [3.63, 3.8) is 0 Å². The molecule has 0 bridgehead atoms. The molecule has 0 amide bonds. The van der Waals surface area contributed by atoms with E-state index >= 15 is 0 Å². The Hall–Kier alpha value is -1.55. The van der Waals surface area contributed by atoms with E-state index in [0.717, 1.165) is 10.6 Å². The van der Waals surface area contributed by atoms with Crippen LogP contribution in [0.1, 0.15) is 0 Å². The minimum absolute atomic E-state index is 0.0576. The molecular formula is C15H20N4O3S2. The van der Waals surface area contributed by atoms with Gasteiger partial charge < -0.3 is 10.1 Å². The van der Waals surface area contributed by atoms with E-state index in [4.69, 9.17) is 4.74 Å². The highest BCUT2D eigenvalue weighted by Gasteiger charge is 2.33. The lowest BCUT2D eigenvalue weighted by Gasteiger charge is -2.20. The van der Waals surface area contributed by atoms with E-state index in [1.54, 1.807) is 14.1 Å². The Labute approximate surface area is 145 Å². The zero-order chi connectivity index (χ0) is 17.2. The number of rotatable bonds is 6. The molecule has 1 aliphatic heterocycles. The van der Waals surface area contributed by atoms with Gasteiger partial charge in [-0.15, -0.1) is 10.2 Å². The number of ether oxygens (including phenoxy) is 1. The zero-order valence-electron chi connectivity index (χ0n) is 13.5. The second-order valence-electron chi connectivity index (χ2n) is 5.89. The van der Waals surface area contributed by atoms with Crippen molar-refractivity contribution in [2.45, 2.75) is 6.04 Å². The maximum Gasteiger partial charge on any atom is 0.214 e. The van der Waals surface area contributed by atoms with Crippen molar-refractivity contribution < 1.29 is 13.2 Å². The summed E-state index contributed by atoms with van der Waals surface area (Å²) in [6.45, 7) is 0.892. The molecule has 0 saturated carbocycles. The molecule has 2 atom stereocenters. The molecule has 0 spiro atoms. The van der Waals surface area contributed by atoms with E-state index in [-0.39, 0.29) is 17.7 Å². The second-order valence-corrected chi connectivity index (χ2v) is 9.09. The topological polar surface area (TPSA) is 84.4 Å². The SMILES string of the molecule is CN(C)S(=O)(=O)C[C@@H]1COC[C@H]1Nc1nnc(-c2ccccc2)s1. The van der Waals surface area contributed by atoms with Crippen LogP contribution in [0.2, 0.25) is 0 Å². The van der Waals surface area contributed by atoms with Crippen LogP contribution in [0.5, 0.6) is 0 Å². The third-order valence-electron chi connectivity index (χ3n) is 3.93. The Morgan fingerprint density at radius 1 is 1.25 bits per heavy atom. The van der Waals surface area contributed by atoms with Gasteiger partial charge in [-0.05, 0) is 0 Å². The lowest BCUT2D eigenvalue weighted by atomic mass is 10.1. The molecule has 9 heteroatoms.